The Morgan fingerprint density at radius 3 is 2.43 bits per heavy atom. The number of rotatable bonds is 4. The van der Waals surface area contributed by atoms with E-state index in [9.17, 15) is 18.0 Å². The molecule has 8 nitrogen and oxygen atoms in total. The highest BCUT2D eigenvalue weighted by molar-refractivity contribution is 7.89. The first-order valence-electron chi connectivity index (χ1n) is 9.37. The number of halogens is 1. The zero-order valence-electron chi connectivity index (χ0n) is 15.4. The minimum atomic E-state index is -3.74. The van der Waals surface area contributed by atoms with Crippen LogP contribution in [0.25, 0.3) is 0 Å². The van der Waals surface area contributed by atoms with Crippen molar-refractivity contribution in [2.45, 2.75) is 43.0 Å². The molecule has 154 valence electrons. The van der Waals surface area contributed by atoms with Crippen molar-refractivity contribution in [3.8, 4) is 0 Å². The summed E-state index contributed by atoms with van der Waals surface area (Å²) in [5, 5.41) is 5.30. The lowest BCUT2D eigenvalue weighted by Gasteiger charge is -2.26. The molecule has 10 heteroatoms. The van der Waals surface area contributed by atoms with Crippen LogP contribution in [0.15, 0.2) is 23.1 Å². The molecule has 2 aliphatic rings. The molecule has 2 amide bonds. The SMILES string of the molecule is O=C(Nc1cc(S(=O)(=O)N2CCOCC2)ccc1Cl)C(=O)NC1CCCCC1. The highest BCUT2D eigenvalue weighted by Crippen LogP contribution is 2.27. The van der Waals surface area contributed by atoms with Crippen LogP contribution in [0.2, 0.25) is 5.02 Å². The van der Waals surface area contributed by atoms with E-state index in [2.05, 4.69) is 10.6 Å². The van der Waals surface area contributed by atoms with E-state index >= 15 is 0 Å². The molecule has 0 unspecified atom stereocenters. The molecule has 0 aromatic heterocycles. The molecule has 1 saturated carbocycles. The summed E-state index contributed by atoms with van der Waals surface area (Å²) in [6.07, 6.45) is 4.90. The van der Waals surface area contributed by atoms with Crippen molar-refractivity contribution in [2.24, 2.45) is 0 Å². The van der Waals surface area contributed by atoms with Gasteiger partial charge in [-0.15, -0.1) is 0 Å². The molecule has 1 saturated heterocycles. The number of nitrogens with zero attached hydrogens (tertiary/aromatic N) is 1. The summed E-state index contributed by atoms with van der Waals surface area (Å²) in [4.78, 5) is 24.4. The van der Waals surface area contributed by atoms with Gasteiger partial charge in [-0.3, -0.25) is 9.59 Å². The number of hydrogen-bond donors (Lipinski definition) is 2. The van der Waals surface area contributed by atoms with Crippen molar-refractivity contribution in [1.29, 1.82) is 0 Å². The van der Waals surface area contributed by atoms with Crippen LogP contribution in [0, 0.1) is 0 Å². The van der Waals surface area contributed by atoms with Crippen molar-refractivity contribution in [2.75, 3.05) is 31.6 Å². The minimum Gasteiger partial charge on any atom is -0.379 e. The lowest BCUT2D eigenvalue weighted by Crippen LogP contribution is -2.42. The van der Waals surface area contributed by atoms with Crippen LogP contribution in [0.3, 0.4) is 0 Å². The molecule has 1 aliphatic heterocycles. The molecule has 28 heavy (non-hydrogen) atoms. The van der Waals surface area contributed by atoms with Crippen molar-refractivity contribution >= 4 is 39.1 Å². The van der Waals surface area contributed by atoms with Crippen LogP contribution in [0.4, 0.5) is 5.69 Å². The molecule has 0 radical (unpaired) electrons. The maximum Gasteiger partial charge on any atom is 0.313 e. The van der Waals surface area contributed by atoms with E-state index in [0.717, 1.165) is 32.1 Å². The highest BCUT2D eigenvalue weighted by atomic mass is 35.5. The van der Waals surface area contributed by atoms with Gasteiger partial charge in [-0.05, 0) is 31.0 Å². The number of benzene rings is 1. The van der Waals surface area contributed by atoms with Crippen molar-refractivity contribution < 1.29 is 22.7 Å². The molecule has 0 spiro atoms. The fraction of sp³-hybridized carbons (Fsp3) is 0.556. The summed E-state index contributed by atoms with van der Waals surface area (Å²) < 4.78 is 32.0. The summed E-state index contributed by atoms with van der Waals surface area (Å²) in [6, 6.07) is 4.04. The Morgan fingerprint density at radius 1 is 1.07 bits per heavy atom. The average molecular weight is 430 g/mol. The first-order valence-corrected chi connectivity index (χ1v) is 11.2. The topological polar surface area (TPSA) is 105 Å². The molecule has 0 bridgehead atoms. The molecule has 1 aliphatic carbocycles. The van der Waals surface area contributed by atoms with Gasteiger partial charge in [-0.1, -0.05) is 30.9 Å². The number of morpholine rings is 1. The van der Waals surface area contributed by atoms with Crippen LogP contribution < -0.4 is 10.6 Å². The Morgan fingerprint density at radius 2 is 1.75 bits per heavy atom. The molecule has 3 rings (SSSR count). The van der Waals surface area contributed by atoms with Crippen LogP contribution in [0.5, 0.6) is 0 Å². The highest BCUT2D eigenvalue weighted by Gasteiger charge is 2.27. The van der Waals surface area contributed by atoms with Crippen molar-refractivity contribution in [1.82, 2.24) is 9.62 Å². The van der Waals surface area contributed by atoms with Gasteiger partial charge in [-0.2, -0.15) is 4.31 Å². The zero-order chi connectivity index (χ0) is 20.1. The Bertz CT molecular complexity index is 834. The van der Waals surface area contributed by atoms with E-state index in [1.807, 2.05) is 0 Å². The van der Waals surface area contributed by atoms with Crippen molar-refractivity contribution in [3.63, 3.8) is 0 Å². The predicted molar refractivity (Wildman–Crippen MR) is 105 cm³/mol. The lowest BCUT2D eigenvalue weighted by atomic mass is 9.95. The Kier molecular flexibility index (Phi) is 6.92. The first kappa shape index (κ1) is 21.0. The monoisotopic (exact) mass is 429 g/mol. The number of nitrogens with one attached hydrogen (secondary N) is 2. The van der Waals surface area contributed by atoms with Crippen LogP contribution >= 0.6 is 11.6 Å². The van der Waals surface area contributed by atoms with E-state index in [0.29, 0.717) is 13.2 Å². The van der Waals surface area contributed by atoms with Gasteiger partial charge in [-0.25, -0.2) is 8.42 Å². The second kappa shape index (κ2) is 9.21. The Hall–Kier alpha value is -1.68. The maximum absolute atomic E-state index is 12.8. The van der Waals surface area contributed by atoms with Crippen LogP contribution in [0.1, 0.15) is 32.1 Å². The fourth-order valence-electron chi connectivity index (χ4n) is 3.37. The van der Waals surface area contributed by atoms with E-state index in [1.165, 1.54) is 22.5 Å². The van der Waals surface area contributed by atoms with Gasteiger partial charge in [0.2, 0.25) is 10.0 Å². The third-order valence-electron chi connectivity index (χ3n) is 4.94. The van der Waals surface area contributed by atoms with Gasteiger partial charge in [0.25, 0.3) is 0 Å². The zero-order valence-corrected chi connectivity index (χ0v) is 17.0. The Labute approximate surface area is 169 Å². The number of ether oxygens (including phenoxy) is 1. The molecule has 2 N–H and O–H groups in total. The van der Waals surface area contributed by atoms with Gasteiger partial charge < -0.3 is 15.4 Å². The Balaban J connectivity index is 1.70. The van der Waals surface area contributed by atoms with Gasteiger partial charge >= 0.3 is 11.8 Å². The van der Waals surface area contributed by atoms with E-state index in [4.69, 9.17) is 16.3 Å². The first-order chi connectivity index (χ1) is 13.4. The van der Waals surface area contributed by atoms with E-state index < -0.39 is 21.8 Å². The number of anilines is 1. The maximum atomic E-state index is 12.8. The number of carbonyl (C=O) groups excluding carboxylic acids is 2. The molecule has 2 fully saturated rings. The van der Waals surface area contributed by atoms with Crippen molar-refractivity contribution in [3.05, 3.63) is 23.2 Å². The normalized spacial score (nSPS) is 19.2. The second-order valence-corrected chi connectivity index (χ2v) is 9.27. The largest absolute Gasteiger partial charge is 0.379 e. The van der Waals surface area contributed by atoms with Gasteiger partial charge in [0.05, 0.1) is 28.8 Å². The minimum absolute atomic E-state index is 0.00166. The summed E-state index contributed by atoms with van der Waals surface area (Å²) in [6.45, 7) is 1.18. The quantitative estimate of drug-likeness (QED) is 0.709. The summed E-state index contributed by atoms with van der Waals surface area (Å²) >= 11 is 6.10. The standard InChI is InChI=1S/C18H24ClN3O5S/c19-15-7-6-14(28(25,26)22-8-10-27-11-9-22)12-16(15)21-18(24)17(23)20-13-4-2-1-3-5-13/h6-7,12-13H,1-5,8-11H2,(H,20,23)(H,21,24). The predicted octanol–water partition coefficient (Wildman–Crippen LogP) is 1.75. The van der Waals surface area contributed by atoms with Crippen LogP contribution in [-0.2, 0) is 24.3 Å². The number of hydrogen-bond acceptors (Lipinski definition) is 5. The third-order valence-corrected chi connectivity index (χ3v) is 7.16. The second-order valence-electron chi connectivity index (χ2n) is 6.92. The summed E-state index contributed by atoms with van der Waals surface area (Å²) in [5.74, 6) is -1.61. The van der Waals surface area contributed by atoms with Gasteiger partial charge in [0.15, 0.2) is 0 Å². The molecule has 0 atom stereocenters. The van der Waals surface area contributed by atoms with Gasteiger partial charge in [0, 0.05) is 19.1 Å². The van der Waals surface area contributed by atoms with Crippen LogP contribution in [-0.4, -0.2) is 56.9 Å². The smallest absolute Gasteiger partial charge is 0.313 e. The molecule has 1 aromatic carbocycles. The molecular formula is C18H24ClN3O5S. The average Bonchev–Trinajstić information content (AvgIpc) is 2.71. The molecule has 1 heterocycles. The summed E-state index contributed by atoms with van der Waals surface area (Å²) in [5.41, 5.74) is 0.0831. The summed E-state index contributed by atoms with van der Waals surface area (Å²) in [7, 11) is -3.74. The molecule has 1 aromatic rings. The number of amides is 2. The van der Waals surface area contributed by atoms with E-state index in [-0.39, 0.29) is 34.7 Å². The number of sulfonamides is 1. The van der Waals surface area contributed by atoms with Gasteiger partial charge in [0.1, 0.15) is 0 Å². The number of carbonyl (C=O) groups is 2. The molecular weight excluding hydrogens is 406 g/mol. The van der Waals surface area contributed by atoms with E-state index in [1.54, 1.807) is 0 Å². The third kappa shape index (κ3) is 5.02. The lowest BCUT2D eigenvalue weighted by molar-refractivity contribution is -0.136. The fourth-order valence-corrected chi connectivity index (χ4v) is 4.97.